The average molecular weight is 383 g/mol. The fraction of sp³-hybridized carbons (Fsp3) is 0.318. The third kappa shape index (κ3) is 3.47. The highest BCUT2D eigenvalue weighted by Crippen LogP contribution is 2.36. The molecule has 0 radical (unpaired) electrons. The van der Waals surface area contributed by atoms with Crippen LogP contribution in [0.2, 0.25) is 5.02 Å². The van der Waals surface area contributed by atoms with Gasteiger partial charge in [0.2, 0.25) is 0 Å². The van der Waals surface area contributed by atoms with Crippen molar-refractivity contribution >= 4 is 28.5 Å². The number of nitrogens with zero attached hydrogens (tertiary/aromatic N) is 2. The summed E-state index contributed by atoms with van der Waals surface area (Å²) in [7, 11) is 3.89. The summed E-state index contributed by atoms with van der Waals surface area (Å²) in [5.41, 5.74) is 4.01. The maximum absolute atomic E-state index is 13.1. The molecular weight excluding hydrogens is 360 g/mol. The van der Waals surface area contributed by atoms with Crippen molar-refractivity contribution in [2.75, 3.05) is 27.2 Å². The summed E-state index contributed by atoms with van der Waals surface area (Å²) in [6, 6.07) is 13.9. The highest BCUT2D eigenvalue weighted by Gasteiger charge is 2.28. The number of hydrogen-bond donors (Lipinski definition) is 0. The summed E-state index contributed by atoms with van der Waals surface area (Å²) in [5, 5.41) is 1.77. The van der Waals surface area contributed by atoms with E-state index in [4.69, 9.17) is 16.0 Å². The number of furan rings is 1. The van der Waals surface area contributed by atoms with Gasteiger partial charge in [-0.05, 0) is 43.1 Å². The molecule has 0 spiro atoms. The summed E-state index contributed by atoms with van der Waals surface area (Å²) in [5.74, 6) is 0.368. The minimum Gasteiger partial charge on any atom is -0.451 e. The molecular formula is C22H23ClN2O2. The van der Waals surface area contributed by atoms with Gasteiger partial charge in [-0.15, -0.1) is 0 Å². The number of likely N-dealkylation sites (N-methyl/N-ethyl adjacent to an activating group) is 2. The average Bonchev–Trinajstić information content (AvgIpc) is 2.93. The number of carbonyl (C=O) groups is 1. The van der Waals surface area contributed by atoms with Gasteiger partial charge >= 0.3 is 0 Å². The van der Waals surface area contributed by atoms with Crippen LogP contribution in [-0.4, -0.2) is 42.9 Å². The molecule has 1 aliphatic heterocycles. The van der Waals surface area contributed by atoms with E-state index in [9.17, 15) is 4.79 Å². The molecule has 0 saturated heterocycles. The summed E-state index contributed by atoms with van der Waals surface area (Å²) >= 11 is 6.44. The van der Waals surface area contributed by atoms with E-state index in [1.54, 1.807) is 4.90 Å². The molecule has 0 fully saturated rings. The highest BCUT2D eigenvalue weighted by molar-refractivity contribution is 6.32. The van der Waals surface area contributed by atoms with Crippen LogP contribution in [0.4, 0.5) is 0 Å². The van der Waals surface area contributed by atoms with Crippen LogP contribution < -0.4 is 0 Å². The minimum atomic E-state index is -0.0745. The molecule has 2 heterocycles. The van der Waals surface area contributed by atoms with E-state index in [-0.39, 0.29) is 5.91 Å². The first-order valence-corrected chi connectivity index (χ1v) is 9.63. The fourth-order valence-corrected chi connectivity index (χ4v) is 3.99. The van der Waals surface area contributed by atoms with E-state index in [2.05, 4.69) is 24.1 Å². The fourth-order valence-electron chi connectivity index (χ4n) is 3.74. The van der Waals surface area contributed by atoms with Gasteiger partial charge < -0.3 is 14.2 Å². The van der Waals surface area contributed by atoms with Crippen molar-refractivity contribution < 1.29 is 9.21 Å². The Hall–Kier alpha value is -2.30. The van der Waals surface area contributed by atoms with Gasteiger partial charge in [-0.1, -0.05) is 41.9 Å². The van der Waals surface area contributed by atoms with E-state index in [0.717, 1.165) is 46.5 Å². The van der Waals surface area contributed by atoms with Crippen LogP contribution in [0.15, 0.2) is 46.9 Å². The zero-order valence-electron chi connectivity index (χ0n) is 15.7. The van der Waals surface area contributed by atoms with E-state index in [0.29, 0.717) is 18.8 Å². The van der Waals surface area contributed by atoms with Crippen molar-refractivity contribution in [1.29, 1.82) is 0 Å². The molecule has 0 atom stereocenters. The molecule has 27 heavy (non-hydrogen) atoms. The Bertz CT molecular complexity index is 981. The lowest BCUT2D eigenvalue weighted by Gasteiger charge is -2.18. The monoisotopic (exact) mass is 382 g/mol. The molecule has 0 unspecified atom stereocenters. The number of hydrogen-bond acceptors (Lipinski definition) is 3. The van der Waals surface area contributed by atoms with E-state index in [1.807, 2.05) is 37.4 Å². The first kappa shape index (κ1) is 18.1. The normalized spacial score (nSPS) is 14.3. The maximum atomic E-state index is 13.1. The number of benzene rings is 2. The lowest BCUT2D eigenvalue weighted by Crippen LogP contribution is -2.30. The van der Waals surface area contributed by atoms with Crippen LogP contribution in [-0.2, 0) is 19.4 Å². The summed E-state index contributed by atoms with van der Waals surface area (Å²) in [4.78, 5) is 17.1. The lowest BCUT2D eigenvalue weighted by atomic mass is 10.0. The van der Waals surface area contributed by atoms with Gasteiger partial charge in [0, 0.05) is 42.7 Å². The Morgan fingerprint density at radius 3 is 2.74 bits per heavy atom. The molecule has 0 saturated carbocycles. The molecule has 0 bridgehead atoms. The van der Waals surface area contributed by atoms with Crippen LogP contribution in [0.25, 0.3) is 11.0 Å². The van der Waals surface area contributed by atoms with Gasteiger partial charge in [-0.25, -0.2) is 0 Å². The molecule has 4 nitrogen and oxygen atoms in total. The van der Waals surface area contributed by atoms with Crippen molar-refractivity contribution in [1.82, 2.24) is 9.80 Å². The van der Waals surface area contributed by atoms with Crippen LogP contribution in [0.1, 0.15) is 27.2 Å². The quantitative estimate of drug-likeness (QED) is 0.671. The van der Waals surface area contributed by atoms with Crippen LogP contribution in [0, 0.1) is 0 Å². The molecule has 3 aromatic rings. The number of rotatable bonds is 4. The van der Waals surface area contributed by atoms with E-state index < -0.39 is 0 Å². The van der Waals surface area contributed by atoms with E-state index in [1.165, 1.54) is 5.56 Å². The number of halogens is 1. The number of amides is 1. The number of carbonyl (C=O) groups excluding carboxylic acids is 1. The van der Waals surface area contributed by atoms with Gasteiger partial charge in [0.05, 0.1) is 0 Å². The van der Waals surface area contributed by atoms with Gasteiger partial charge in [-0.2, -0.15) is 0 Å². The first-order valence-electron chi connectivity index (χ1n) is 9.25. The minimum absolute atomic E-state index is 0.0745. The molecule has 1 amide bonds. The van der Waals surface area contributed by atoms with Crippen LogP contribution in [0.5, 0.6) is 0 Å². The molecule has 1 aromatic heterocycles. The maximum Gasteiger partial charge on any atom is 0.289 e. The van der Waals surface area contributed by atoms with Crippen LogP contribution in [0.3, 0.4) is 0 Å². The van der Waals surface area contributed by atoms with Crippen molar-refractivity contribution in [3.63, 3.8) is 0 Å². The summed E-state index contributed by atoms with van der Waals surface area (Å²) < 4.78 is 6.03. The summed E-state index contributed by atoms with van der Waals surface area (Å²) in [6.07, 6.45) is 1.67. The predicted molar refractivity (Wildman–Crippen MR) is 108 cm³/mol. The molecule has 5 heteroatoms. The second-order valence-corrected chi connectivity index (χ2v) is 7.67. The molecule has 2 aromatic carbocycles. The molecule has 140 valence electrons. The third-order valence-corrected chi connectivity index (χ3v) is 5.65. The third-order valence-electron chi connectivity index (χ3n) is 5.30. The highest BCUT2D eigenvalue weighted by atomic mass is 35.5. The zero-order chi connectivity index (χ0) is 19.0. The second-order valence-electron chi connectivity index (χ2n) is 7.26. The first-order chi connectivity index (χ1) is 13.0. The van der Waals surface area contributed by atoms with Crippen molar-refractivity contribution in [2.45, 2.75) is 19.4 Å². The van der Waals surface area contributed by atoms with Crippen molar-refractivity contribution in [2.24, 2.45) is 0 Å². The molecule has 0 aliphatic carbocycles. The van der Waals surface area contributed by atoms with E-state index >= 15 is 0 Å². The standard InChI is InChI=1S/C22H23ClN2O2/c1-24-12-11-16-18(23)8-9-19-20(16)17(14-24)21(27-19)22(26)25(2)13-10-15-6-4-3-5-7-15/h3-9H,10-14H2,1-2H3. The Morgan fingerprint density at radius 2 is 1.96 bits per heavy atom. The Kier molecular flexibility index (Phi) is 4.94. The van der Waals surface area contributed by atoms with Crippen molar-refractivity contribution in [3.8, 4) is 0 Å². The second kappa shape index (κ2) is 7.37. The van der Waals surface area contributed by atoms with Gasteiger partial charge in [0.15, 0.2) is 5.76 Å². The molecule has 1 aliphatic rings. The molecule has 0 N–H and O–H groups in total. The topological polar surface area (TPSA) is 36.7 Å². The van der Waals surface area contributed by atoms with Crippen molar-refractivity contribution in [3.05, 3.63) is 69.9 Å². The Labute approximate surface area is 164 Å². The Morgan fingerprint density at radius 1 is 1.19 bits per heavy atom. The molecule has 4 rings (SSSR count). The summed E-state index contributed by atoms with van der Waals surface area (Å²) in [6.45, 7) is 2.24. The Balaban J connectivity index is 1.65. The predicted octanol–water partition coefficient (Wildman–Crippen LogP) is 4.39. The zero-order valence-corrected chi connectivity index (χ0v) is 16.4. The lowest BCUT2D eigenvalue weighted by molar-refractivity contribution is 0.0765. The van der Waals surface area contributed by atoms with Gasteiger partial charge in [0.1, 0.15) is 5.58 Å². The largest absolute Gasteiger partial charge is 0.451 e. The smallest absolute Gasteiger partial charge is 0.289 e. The van der Waals surface area contributed by atoms with Gasteiger partial charge in [0.25, 0.3) is 5.91 Å². The van der Waals surface area contributed by atoms with Gasteiger partial charge in [-0.3, -0.25) is 4.79 Å². The van der Waals surface area contributed by atoms with Crippen LogP contribution >= 0.6 is 11.6 Å². The SMILES string of the molecule is CN1CCc2c(Cl)ccc3oc(C(=O)N(C)CCc4ccccc4)c(c23)C1.